The smallest absolute Gasteiger partial charge is 0.115 e. The van der Waals surface area contributed by atoms with Crippen molar-refractivity contribution in [3.8, 4) is 5.75 Å². The van der Waals surface area contributed by atoms with E-state index in [1.165, 1.54) is 44.1 Å². The maximum absolute atomic E-state index is 10.1. The van der Waals surface area contributed by atoms with Crippen LogP contribution in [-0.4, -0.2) is 47.6 Å². The van der Waals surface area contributed by atoms with Gasteiger partial charge in [0.15, 0.2) is 0 Å². The third-order valence-electron chi connectivity index (χ3n) is 6.38. The number of phenolic OH excluding ortho intramolecular Hbond substituents is 1. The average molecular weight is 373 g/mol. The normalized spacial score (nSPS) is 23.1. The Morgan fingerprint density at radius 2 is 1.89 bits per heavy atom. The van der Waals surface area contributed by atoms with E-state index in [2.05, 4.69) is 43.3 Å². The van der Waals surface area contributed by atoms with Gasteiger partial charge >= 0.3 is 0 Å². The molecule has 0 atom stereocenters. The first kappa shape index (κ1) is 22.0. The van der Waals surface area contributed by atoms with Crippen molar-refractivity contribution < 1.29 is 5.11 Å². The van der Waals surface area contributed by atoms with E-state index in [0.29, 0.717) is 11.8 Å². The molecule has 1 saturated carbocycles. The standard InChI is InChI=1S/C24H40N2O/c1-5-8-9-19-25(4)24(21-11-10-12-23(27)20-21)15-13-22(14-16-24)26(17-6-2)18-7-3/h6,10-12,20,22,27H,2,5,7-9,13-19H2,1,3-4H3. The number of hydrogen-bond acceptors (Lipinski definition) is 3. The first-order valence-corrected chi connectivity index (χ1v) is 10.9. The lowest BCUT2D eigenvalue weighted by Gasteiger charge is -2.49. The fourth-order valence-corrected chi connectivity index (χ4v) is 4.82. The van der Waals surface area contributed by atoms with Crippen LogP contribution in [0.1, 0.15) is 70.8 Å². The summed E-state index contributed by atoms with van der Waals surface area (Å²) < 4.78 is 0. The number of phenols is 1. The third-order valence-corrected chi connectivity index (χ3v) is 6.38. The van der Waals surface area contributed by atoms with Crippen LogP contribution in [0.4, 0.5) is 0 Å². The fraction of sp³-hybridized carbons (Fsp3) is 0.667. The van der Waals surface area contributed by atoms with Gasteiger partial charge in [-0.25, -0.2) is 0 Å². The molecule has 3 heteroatoms. The molecule has 1 aliphatic carbocycles. The summed E-state index contributed by atoms with van der Waals surface area (Å²) >= 11 is 0. The zero-order valence-electron chi connectivity index (χ0n) is 17.8. The highest BCUT2D eigenvalue weighted by Crippen LogP contribution is 2.43. The number of benzene rings is 1. The summed E-state index contributed by atoms with van der Waals surface area (Å²) in [7, 11) is 2.29. The van der Waals surface area contributed by atoms with Crippen molar-refractivity contribution in [2.24, 2.45) is 0 Å². The molecule has 0 bridgehead atoms. The van der Waals surface area contributed by atoms with Crippen LogP contribution in [-0.2, 0) is 5.54 Å². The molecule has 0 aliphatic heterocycles. The van der Waals surface area contributed by atoms with Crippen LogP contribution in [0.5, 0.6) is 5.75 Å². The van der Waals surface area contributed by atoms with Gasteiger partial charge in [0.25, 0.3) is 0 Å². The molecule has 3 nitrogen and oxygen atoms in total. The van der Waals surface area contributed by atoms with Crippen LogP contribution < -0.4 is 0 Å². The van der Waals surface area contributed by atoms with E-state index in [-0.39, 0.29) is 5.54 Å². The number of hydrogen-bond donors (Lipinski definition) is 1. The summed E-state index contributed by atoms with van der Waals surface area (Å²) in [6.07, 6.45) is 11.7. The molecule has 0 radical (unpaired) electrons. The molecule has 0 saturated heterocycles. The van der Waals surface area contributed by atoms with Crippen molar-refractivity contribution in [3.05, 3.63) is 42.5 Å². The van der Waals surface area contributed by atoms with Gasteiger partial charge in [-0.1, -0.05) is 44.9 Å². The van der Waals surface area contributed by atoms with E-state index in [4.69, 9.17) is 0 Å². The predicted octanol–water partition coefficient (Wildman–Crippen LogP) is 5.55. The molecule has 2 rings (SSSR count). The molecule has 0 heterocycles. The van der Waals surface area contributed by atoms with Crippen molar-refractivity contribution in [1.29, 1.82) is 0 Å². The van der Waals surface area contributed by atoms with E-state index in [0.717, 1.165) is 32.5 Å². The zero-order chi connectivity index (χ0) is 19.7. The van der Waals surface area contributed by atoms with Crippen molar-refractivity contribution in [3.63, 3.8) is 0 Å². The Bertz CT molecular complexity index is 563. The predicted molar refractivity (Wildman–Crippen MR) is 116 cm³/mol. The molecule has 0 amide bonds. The Hall–Kier alpha value is -1.32. The van der Waals surface area contributed by atoms with Crippen LogP contribution in [0.25, 0.3) is 0 Å². The Kier molecular flexibility index (Phi) is 8.85. The molecule has 1 aromatic carbocycles. The van der Waals surface area contributed by atoms with Gasteiger partial charge in [0, 0.05) is 18.1 Å². The van der Waals surface area contributed by atoms with Crippen LogP contribution in [0, 0.1) is 0 Å². The fourth-order valence-electron chi connectivity index (χ4n) is 4.82. The highest BCUT2D eigenvalue weighted by atomic mass is 16.3. The number of aromatic hydroxyl groups is 1. The second kappa shape index (κ2) is 10.9. The molecule has 1 aromatic rings. The second-order valence-corrected chi connectivity index (χ2v) is 8.23. The van der Waals surface area contributed by atoms with Crippen molar-refractivity contribution in [2.45, 2.75) is 76.8 Å². The lowest BCUT2D eigenvalue weighted by molar-refractivity contribution is 0.0349. The quantitative estimate of drug-likeness (QED) is 0.407. The first-order valence-electron chi connectivity index (χ1n) is 10.9. The summed E-state index contributed by atoms with van der Waals surface area (Å²) in [5.41, 5.74) is 1.33. The van der Waals surface area contributed by atoms with E-state index in [9.17, 15) is 5.11 Å². The van der Waals surface area contributed by atoms with E-state index < -0.39 is 0 Å². The van der Waals surface area contributed by atoms with Gasteiger partial charge in [-0.2, -0.15) is 0 Å². The number of rotatable bonds is 11. The minimum absolute atomic E-state index is 0.0506. The van der Waals surface area contributed by atoms with Crippen LogP contribution in [0.3, 0.4) is 0 Å². The zero-order valence-corrected chi connectivity index (χ0v) is 17.8. The molecule has 27 heavy (non-hydrogen) atoms. The second-order valence-electron chi connectivity index (χ2n) is 8.23. The van der Waals surface area contributed by atoms with E-state index >= 15 is 0 Å². The summed E-state index contributed by atoms with van der Waals surface area (Å²) in [6.45, 7) is 11.7. The Morgan fingerprint density at radius 3 is 2.48 bits per heavy atom. The van der Waals surface area contributed by atoms with Gasteiger partial charge in [-0.3, -0.25) is 9.80 Å². The Morgan fingerprint density at radius 1 is 1.15 bits per heavy atom. The number of unbranched alkanes of at least 4 members (excludes halogenated alkanes) is 2. The summed E-state index contributed by atoms with van der Waals surface area (Å²) in [5.74, 6) is 0.384. The summed E-state index contributed by atoms with van der Waals surface area (Å²) in [4.78, 5) is 5.18. The number of nitrogens with zero attached hydrogens (tertiary/aromatic N) is 2. The molecule has 152 valence electrons. The van der Waals surface area contributed by atoms with Gasteiger partial charge in [-0.05, 0) is 76.4 Å². The van der Waals surface area contributed by atoms with Crippen LogP contribution >= 0.6 is 0 Å². The lowest BCUT2D eigenvalue weighted by atomic mass is 9.73. The van der Waals surface area contributed by atoms with Gasteiger partial charge in [0.2, 0.25) is 0 Å². The molecule has 0 aromatic heterocycles. The minimum Gasteiger partial charge on any atom is -0.508 e. The molecule has 0 spiro atoms. The summed E-state index contributed by atoms with van der Waals surface area (Å²) in [5, 5.41) is 10.1. The minimum atomic E-state index is 0.0506. The van der Waals surface area contributed by atoms with Crippen molar-refractivity contribution >= 4 is 0 Å². The van der Waals surface area contributed by atoms with Gasteiger partial charge < -0.3 is 5.11 Å². The maximum Gasteiger partial charge on any atom is 0.115 e. The average Bonchev–Trinajstić information content (AvgIpc) is 2.68. The molecule has 1 aliphatic rings. The topological polar surface area (TPSA) is 26.7 Å². The highest BCUT2D eigenvalue weighted by Gasteiger charge is 2.41. The monoisotopic (exact) mass is 372 g/mol. The van der Waals surface area contributed by atoms with Gasteiger partial charge in [0.1, 0.15) is 5.75 Å². The van der Waals surface area contributed by atoms with E-state index in [1.807, 2.05) is 18.2 Å². The highest BCUT2D eigenvalue weighted by molar-refractivity contribution is 5.33. The largest absolute Gasteiger partial charge is 0.508 e. The first-order chi connectivity index (χ1) is 13.1. The Balaban J connectivity index is 2.19. The lowest BCUT2D eigenvalue weighted by Crippen LogP contribution is -2.50. The summed E-state index contributed by atoms with van der Waals surface area (Å²) in [6, 6.07) is 8.64. The van der Waals surface area contributed by atoms with Crippen molar-refractivity contribution in [1.82, 2.24) is 9.80 Å². The molecular weight excluding hydrogens is 332 g/mol. The van der Waals surface area contributed by atoms with Gasteiger partial charge in [0.05, 0.1) is 0 Å². The van der Waals surface area contributed by atoms with Crippen LogP contribution in [0.2, 0.25) is 0 Å². The van der Waals surface area contributed by atoms with Gasteiger partial charge in [-0.15, -0.1) is 6.58 Å². The molecule has 0 unspecified atom stereocenters. The maximum atomic E-state index is 10.1. The molecular formula is C24H40N2O. The molecule has 1 N–H and O–H groups in total. The van der Waals surface area contributed by atoms with Crippen LogP contribution in [0.15, 0.2) is 36.9 Å². The SMILES string of the molecule is C=CCN(CCC)C1CCC(c2cccc(O)c2)(N(C)CCCCC)CC1. The Labute approximate surface area is 167 Å². The molecule has 1 fully saturated rings. The van der Waals surface area contributed by atoms with E-state index in [1.54, 1.807) is 6.07 Å². The van der Waals surface area contributed by atoms with Crippen molar-refractivity contribution in [2.75, 3.05) is 26.7 Å². The third kappa shape index (κ3) is 5.58.